The molecule has 15 heavy (non-hydrogen) atoms. The average Bonchev–Trinajstić information content (AvgIpc) is 2.78. The van der Waals surface area contributed by atoms with E-state index >= 15 is 0 Å². The number of para-hydroxylation sites is 1. The molecule has 2 rings (SSSR count). The molecular formula is C11H11N3O. The van der Waals surface area contributed by atoms with Gasteiger partial charge in [0.15, 0.2) is 5.78 Å². The second-order valence-corrected chi connectivity index (χ2v) is 3.14. The van der Waals surface area contributed by atoms with Gasteiger partial charge in [0.25, 0.3) is 0 Å². The summed E-state index contributed by atoms with van der Waals surface area (Å²) in [5.41, 5.74) is 1.38. The maximum Gasteiger partial charge on any atom is 0.182 e. The lowest BCUT2D eigenvalue weighted by molar-refractivity contribution is 0.0980. The number of rotatable bonds is 3. The lowest BCUT2D eigenvalue weighted by atomic mass is 10.2. The number of carbonyl (C=O) groups excluding carboxylic acids is 1. The molecule has 0 radical (unpaired) electrons. The maximum atomic E-state index is 11.6. The second-order valence-electron chi connectivity index (χ2n) is 3.14. The normalized spacial score (nSPS) is 10.2. The van der Waals surface area contributed by atoms with Crippen molar-refractivity contribution in [1.29, 1.82) is 0 Å². The number of hydrogen-bond donors (Lipinski definition) is 0. The number of aromatic nitrogens is 3. The van der Waals surface area contributed by atoms with Crippen LogP contribution in [0.1, 0.15) is 23.8 Å². The summed E-state index contributed by atoms with van der Waals surface area (Å²) in [6, 6.07) is 9.50. The molecule has 0 amide bonds. The quantitative estimate of drug-likeness (QED) is 0.712. The Labute approximate surface area is 87.5 Å². The molecule has 0 aliphatic carbocycles. The van der Waals surface area contributed by atoms with E-state index in [9.17, 15) is 4.79 Å². The summed E-state index contributed by atoms with van der Waals surface area (Å²) in [4.78, 5) is 11.6. The molecule has 0 bridgehead atoms. The molecule has 0 atom stereocenters. The van der Waals surface area contributed by atoms with Gasteiger partial charge in [0, 0.05) is 6.42 Å². The third-order valence-electron chi connectivity index (χ3n) is 2.16. The Bertz CT molecular complexity index is 462. The van der Waals surface area contributed by atoms with E-state index in [2.05, 4.69) is 10.3 Å². The lowest BCUT2D eigenvalue weighted by Crippen LogP contribution is -2.07. The molecule has 0 fully saturated rings. The van der Waals surface area contributed by atoms with Crippen LogP contribution in [0.25, 0.3) is 5.69 Å². The summed E-state index contributed by atoms with van der Waals surface area (Å²) in [6.45, 7) is 1.82. The van der Waals surface area contributed by atoms with Gasteiger partial charge >= 0.3 is 0 Å². The molecule has 4 nitrogen and oxygen atoms in total. The molecule has 0 saturated carbocycles. The van der Waals surface area contributed by atoms with E-state index < -0.39 is 0 Å². The molecule has 0 aliphatic heterocycles. The van der Waals surface area contributed by atoms with Crippen LogP contribution in [-0.2, 0) is 0 Å². The molecule has 2 aromatic rings. The minimum atomic E-state index is 0.0452. The highest BCUT2D eigenvalue weighted by Gasteiger charge is 2.11. The van der Waals surface area contributed by atoms with Gasteiger partial charge in [-0.3, -0.25) is 4.79 Å². The van der Waals surface area contributed by atoms with Crippen LogP contribution in [0, 0.1) is 0 Å². The van der Waals surface area contributed by atoms with E-state index in [4.69, 9.17) is 0 Å². The monoisotopic (exact) mass is 201 g/mol. The third kappa shape index (κ3) is 1.79. The zero-order valence-electron chi connectivity index (χ0n) is 8.42. The van der Waals surface area contributed by atoms with Crippen LogP contribution in [0.5, 0.6) is 0 Å². The predicted octanol–water partition coefficient (Wildman–Crippen LogP) is 1.86. The molecule has 0 spiro atoms. The number of hydrogen-bond acceptors (Lipinski definition) is 3. The van der Waals surface area contributed by atoms with E-state index in [0.717, 1.165) is 5.69 Å². The first-order valence-electron chi connectivity index (χ1n) is 4.82. The van der Waals surface area contributed by atoms with Crippen LogP contribution in [-0.4, -0.2) is 20.8 Å². The van der Waals surface area contributed by atoms with Crippen LogP contribution in [0.4, 0.5) is 0 Å². The molecule has 1 heterocycles. The fourth-order valence-corrected chi connectivity index (χ4v) is 1.37. The Hall–Kier alpha value is -1.97. The first-order chi connectivity index (χ1) is 7.33. The molecule has 4 heteroatoms. The standard InChI is InChI=1S/C11H11N3O/c1-2-11(15)10-8-12-13-14(10)9-6-4-3-5-7-9/h3-8H,2H2,1H3. The average molecular weight is 201 g/mol. The fraction of sp³-hybridized carbons (Fsp3) is 0.182. The van der Waals surface area contributed by atoms with Crippen molar-refractivity contribution in [2.45, 2.75) is 13.3 Å². The second kappa shape index (κ2) is 4.04. The zero-order chi connectivity index (χ0) is 10.7. The molecule has 0 saturated heterocycles. The van der Waals surface area contributed by atoms with E-state index in [-0.39, 0.29) is 5.78 Å². The van der Waals surface area contributed by atoms with Crippen LogP contribution in [0.3, 0.4) is 0 Å². The van der Waals surface area contributed by atoms with Crippen molar-refractivity contribution in [2.75, 3.05) is 0 Å². The summed E-state index contributed by atoms with van der Waals surface area (Å²) in [5, 5.41) is 7.66. The fourth-order valence-electron chi connectivity index (χ4n) is 1.37. The van der Waals surface area contributed by atoms with Gasteiger partial charge in [-0.15, -0.1) is 5.10 Å². The summed E-state index contributed by atoms with van der Waals surface area (Å²) < 4.78 is 1.56. The van der Waals surface area contributed by atoms with E-state index in [1.807, 2.05) is 37.3 Å². The zero-order valence-corrected chi connectivity index (χ0v) is 8.42. The Morgan fingerprint density at radius 2 is 2.07 bits per heavy atom. The minimum absolute atomic E-state index is 0.0452. The van der Waals surface area contributed by atoms with Gasteiger partial charge in [0.1, 0.15) is 5.69 Å². The highest BCUT2D eigenvalue weighted by molar-refractivity contribution is 5.94. The highest BCUT2D eigenvalue weighted by atomic mass is 16.1. The van der Waals surface area contributed by atoms with Gasteiger partial charge in [-0.2, -0.15) is 0 Å². The summed E-state index contributed by atoms with van der Waals surface area (Å²) >= 11 is 0. The topological polar surface area (TPSA) is 47.8 Å². The van der Waals surface area contributed by atoms with Crippen molar-refractivity contribution in [3.63, 3.8) is 0 Å². The number of nitrogens with zero attached hydrogens (tertiary/aromatic N) is 3. The van der Waals surface area contributed by atoms with Crippen molar-refractivity contribution in [3.8, 4) is 5.69 Å². The van der Waals surface area contributed by atoms with Gasteiger partial charge in [-0.05, 0) is 12.1 Å². The Balaban J connectivity index is 2.46. The predicted molar refractivity (Wildman–Crippen MR) is 56.0 cm³/mol. The first kappa shape index (κ1) is 9.58. The Morgan fingerprint density at radius 3 is 2.73 bits per heavy atom. The van der Waals surface area contributed by atoms with Crippen LogP contribution < -0.4 is 0 Å². The molecule has 0 N–H and O–H groups in total. The SMILES string of the molecule is CCC(=O)c1cnnn1-c1ccccc1. The molecule has 1 aromatic carbocycles. The molecular weight excluding hydrogens is 190 g/mol. The minimum Gasteiger partial charge on any atom is -0.292 e. The van der Waals surface area contributed by atoms with Crippen molar-refractivity contribution in [3.05, 3.63) is 42.2 Å². The Kier molecular flexibility index (Phi) is 2.58. The number of benzene rings is 1. The van der Waals surface area contributed by atoms with Gasteiger partial charge in [0.05, 0.1) is 11.9 Å². The van der Waals surface area contributed by atoms with Gasteiger partial charge in [0.2, 0.25) is 0 Å². The molecule has 76 valence electrons. The van der Waals surface area contributed by atoms with Crippen molar-refractivity contribution in [2.24, 2.45) is 0 Å². The number of carbonyl (C=O) groups is 1. The van der Waals surface area contributed by atoms with Crippen LogP contribution >= 0.6 is 0 Å². The summed E-state index contributed by atoms with van der Waals surface area (Å²) in [6.07, 6.45) is 1.96. The summed E-state index contributed by atoms with van der Waals surface area (Å²) in [7, 11) is 0. The largest absolute Gasteiger partial charge is 0.292 e. The first-order valence-corrected chi connectivity index (χ1v) is 4.82. The van der Waals surface area contributed by atoms with Crippen molar-refractivity contribution in [1.82, 2.24) is 15.0 Å². The van der Waals surface area contributed by atoms with E-state index in [1.165, 1.54) is 6.20 Å². The van der Waals surface area contributed by atoms with E-state index in [1.54, 1.807) is 4.68 Å². The number of ketones is 1. The third-order valence-corrected chi connectivity index (χ3v) is 2.16. The maximum absolute atomic E-state index is 11.6. The van der Waals surface area contributed by atoms with Gasteiger partial charge in [-0.1, -0.05) is 30.3 Å². The van der Waals surface area contributed by atoms with E-state index in [0.29, 0.717) is 12.1 Å². The molecule has 0 unspecified atom stereocenters. The van der Waals surface area contributed by atoms with Gasteiger partial charge < -0.3 is 0 Å². The van der Waals surface area contributed by atoms with Crippen LogP contribution in [0.2, 0.25) is 0 Å². The highest BCUT2D eigenvalue weighted by Crippen LogP contribution is 2.09. The summed E-state index contributed by atoms with van der Waals surface area (Å²) in [5.74, 6) is 0.0452. The molecule has 0 aliphatic rings. The smallest absolute Gasteiger partial charge is 0.182 e. The number of Topliss-reactive ketones (excluding diaryl/α,β-unsaturated/α-hetero) is 1. The van der Waals surface area contributed by atoms with Gasteiger partial charge in [-0.25, -0.2) is 4.68 Å². The van der Waals surface area contributed by atoms with Crippen LogP contribution in [0.15, 0.2) is 36.5 Å². The molecule has 1 aromatic heterocycles. The Morgan fingerprint density at radius 1 is 1.33 bits per heavy atom. The van der Waals surface area contributed by atoms with Crippen molar-refractivity contribution >= 4 is 5.78 Å². The lowest BCUT2D eigenvalue weighted by Gasteiger charge is -2.03. The van der Waals surface area contributed by atoms with Crippen molar-refractivity contribution < 1.29 is 4.79 Å².